The van der Waals surface area contributed by atoms with Crippen LogP contribution in [0.2, 0.25) is 0 Å². The molecule has 0 atom stereocenters. The molecule has 11 aromatic carbocycles. The first kappa shape index (κ1) is 32.0. The quantitative estimate of drug-likeness (QED) is 0.125. The van der Waals surface area contributed by atoms with Crippen molar-refractivity contribution < 1.29 is 0 Å². The molecule has 1 aliphatic rings. The first-order valence-electron chi connectivity index (χ1n) is 20.0. The van der Waals surface area contributed by atoms with Crippen LogP contribution in [0, 0.1) is 0 Å². The van der Waals surface area contributed by atoms with Crippen molar-refractivity contribution in [3.05, 3.63) is 217 Å². The number of hydrogen-bond donors (Lipinski definition) is 0. The Morgan fingerprint density at radius 2 is 0.667 bits per heavy atom. The summed E-state index contributed by atoms with van der Waals surface area (Å²) in [4.78, 5) is 0. The summed E-state index contributed by atoms with van der Waals surface area (Å²) in [6.45, 7) is 0. The van der Waals surface area contributed by atoms with Crippen molar-refractivity contribution in [1.82, 2.24) is 0 Å². The summed E-state index contributed by atoms with van der Waals surface area (Å²) in [5.41, 5.74) is 15.6. The van der Waals surface area contributed by atoms with Crippen LogP contribution < -0.4 is 0 Å². The Balaban J connectivity index is 1.20. The highest BCUT2D eigenvalue weighted by molar-refractivity contribution is 6.32. The zero-order valence-corrected chi connectivity index (χ0v) is 31.3. The van der Waals surface area contributed by atoms with Gasteiger partial charge in [0.05, 0.1) is 0 Å². The van der Waals surface area contributed by atoms with Gasteiger partial charge in [0.1, 0.15) is 0 Å². The maximum Gasteiger partial charge on any atom is -0.00132 e. The van der Waals surface area contributed by atoms with E-state index in [1.165, 1.54) is 121 Å². The third-order valence-corrected chi connectivity index (χ3v) is 12.5. The van der Waals surface area contributed by atoms with Crippen LogP contribution in [0.3, 0.4) is 0 Å². The Morgan fingerprint density at radius 3 is 1.33 bits per heavy atom. The van der Waals surface area contributed by atoms with Gasteiger partial charge >= 0.3 is 0 Å². The Hall–Kier alpha value is -7.28. The fraction of sp³-hybridized carbons (Fsp3) is 0.0175. The van der Waals surface area contributed by atoms with Crippen LogP contribution in [-0.4, -0.2) is 0 Å². The molecule has 11 aromatic rings. The molecule has 0 saturated heterocycles. The first-order valence-corrected chi connectivity index (χ1v) is 20.0. The van der Waals surface area contributed by atoms with Crippen molar-refractivity contribution in [3.63, 3.8) is 0 Å². The number of rotatable bonds is 4. The van der Waals surface area contributed by atoms with Gasteiger partial charge in [-0.2, -0.15) is 0 Å². The molecule has 0 spiro atoms. The average Bonchev–Trinajstić information content (AvgIpc) is 3.66. The lowest BCUT2D eigenvalue weighted by Crippen LogP contribution is -1.96. The van der Waals surface area contributed by atoms with Gasteiger partial charge in [0.25, 0.3) is 0 Å². The van der Waals surface area contributed by atoms with E-state index in [0.29, 0.717) is 0 Å². The summed E-state index contributed by atoms with van der Waals surface area (Å²) < 4.78 is 0. The zero-order chi connectivity index (χ0) is 37.5. The molecule has 0 radical (unpaired) electrons. The Morgan fingerprint density at radius 1 is 0.228 bits per heavy atom. The molecular formula is C57H36. The van der Waals surface area contributed by atoms with Crippen molar-refractivity contribution in [1.29, 1.82) is 0 Å². The SMILES string of the molecule is c1ccc(-c2cccc(-c3ccc4c(c3)Cc3ccccc3-4)c2-c2c3ccccc3c(-c3cccc4c5ccccc5c5ccccc5c34)c3ccccc23)cc1. The number of fused-ring (bicyclic) bond motifs is 11. The third-order valence-electron chi connectivity index (χ3n) is 12.5. The van der Waals surface area contributed by atoms with Crippen LogP contribution in [0.15, 0.2) is 206 Å². The second-order valence-electron chi connectivity index (χ2n) is 15.5. The molecular weight excluding hydrogens is 685 g/mol. The number of hydrogen-bond acceptors (Lipinski definition) is 0. The van der Waals surface area contributed by atoms with Crippen LogP contribution in [0.5, 0.6) is 0 Å². The van der Waals surface area contributed by atoms with E-state index in [-0.39, 0.29) is 0 Å². The largest absolute Gasteiger partial charge is 0.0622 e. The summed E-state index contributed by atoms with van der Waals surface area (Å²) in [6, 6.07) is 76.9. The summed E-state index contributed by atoms with van der Waals surface area (Å²) in [5, 5.41) is 12.8. The second kappa shape index (κ2) is 12.6. The predicted molar refractivity (Wildman–Crippen MR) is 244 cm³/mol. The summed E-state index contributed by atoms with van der Waals surface area (Å²) in [7, 11) is 0. The van der Waals surface area contributed by atoms with Gasteiger partial charge in [0.2, 0.25) is 0 Å². The first-order chi connectivity index (χ1) is 28.3. The van der Waals surface area contributed by atoms with Gasteiger partial charge in [-0.3, -0.25) is 0 Å². The molecule has 0 amide bonds. The monoisotopic (exact) mass is 720 g/mol. The van der Waals surface area contributed by atoms with E-state index in [0.717, 1.165) is 6.42 Å². The van der Waals surface area contributed by atoms with Crippen LogP contribution in [0.25, 0.3) is 109 Å². The van der Waals surface area contributed by atoms with E-state index in [9.17, 15) is 0 Å². The van der Waals surface area contributed by atoms with E-state index in [2.05, 4.69) is 206 Å². The lowest BCUT2D eigenvalue weighted by Gasteiger charge is -2.23. The number of benzene rings is 11. The smallest absolute Gasteiger partial charge is 0.00132 e. The fourth-order valence-corrected chi connectivity index (χ4v) is 10.1. The van der Waals surface area contributed by atoms with Gasteiger partial charge in [-0.25, -0.2) is 0 Å². The normalized spacial score (nSPS) is 12.1. The summed E-state index contributed by atoms with van der Waals surface area (Å²) in [5.74, 6) is 0. The minimum atomic E-state index is 0.961. The molecule has 0 heteroatoms. The molecule has 1 aliphatic carbocycles. The van der Waals surface area contributed by atoms with Gasteiger partial charge in [0.15, 0.2) is 0 Å². The molecule has 264 valence electrons. The third kappa shape index (κ3) is 4.81. The lowest BCUT2D eigenvalue weighted by molar-refractivity contribution is 1.26. The van der Waals surface area contributed by atoms with Crippen molar-refractivity contribution in [3.8, 4) is 55.6 Å². The Labute approximate surface area is 331 Å². The van der Waals surface area contributed by atoms with E-state index < -0.39 is 0 Å². The van der Waals surface area contributed by atoms with Crippen LogP contribution in [0.4, 0.5) is 0 Å². The Bertz CT molecular complexity index is 3320. The van der Waals surface area contributed by atoms with E-state index in [1.54, 1.807) is 0 Å². The Kier molecular flexibility index (Phi) is 7.09. The molecule has 0 nitrogen and oxygen atoms in total. The second-order valence-corrected chi connectivity index (χ2v) is 15.5. The summed E-state index contributed by atoms with van der Waals surface area (Å²) in [6.07, 6.45) is 0.961. The molecule has 0 aliphatic heterocycles. The van der Waals surface area contributed by atoms with Crippen molar-refractivity contribution >= 4 is 53.9 Å². The topological polar surface area (TPSA) is 0 Å². The molecule has 0 fully saturated rings. The van der Waals surface area contributed by atoms with Crippen LogP contribution >= 0.6 is 0 Å². The standard InChI is InChI=1S/C57H36/c1-2-16-36(17-3-1)42-28-14-29-43(38-32-33-41-39(35-38)34-37-18-4-5-19-40(37)41)56(42)57-51-26-12-10-24-49(51)55(50-25-11-13-27-52(50)57)53-31-15-30-48-46-21-7-6-20-44(46)45-22-8-9-23-47(45)54(48)53/h1-33,35H,34H2. The highest BCUT2D eigenvalue weighted by atomic mass is 14.3. The molecule has 12 rings (SSSR count). The highest BCUT2D eigenvalue weighted by Crippen LogP contribution is 2.51. The fourth-order valence-electron chi connectivity index (χ4n) is 10.1. The van der Waals surface area contributed by atoms with E-state index >= 15 is 0 Å². The molecule has 0 N–H and O–H groups in total. The highest BCUT2D eigenvalue weighted by Gasteiger charge is 2.25. The molecule has 0 aromatic heterocycles. The molecule has 0 unspecified atom stereocenters. The van der Waals surface area contributed by atoms with Crippen molar-refractivity contribution in [2.75, 3.05) is 0 Å². The van der Waals surface area contributed by atoms with Gasteiger partial charge in [-0.15, -0.1) is 0 Å². The molecule has 0 bridgehead atoms. The molecule has 57 heavy (non-hydrogen) atoms. The van der Waals surface area contributed by atoms with Gasteiger partial charge < -0.3 is 0 Å². The maximum atomic E-state index is 2.45. The van der Waals surface area contributed by atoms with Crippen LogP contribution in [0.1, 0.15) is 11.1 Å². The molecule has 0 heterocycles. The minimum Gasteiger partial charge on any atom is -0.0622 e. The average molecular weight is 721 g/mol. The van der Waals surface area contributed by atoms with Gasteiger partial charge in [-0.05, 0) is 127 Å². The van der Waals surface area contributed by atoms with E-state index in [1.807, 2.05) is 0 Å². The van der Waals surface area contributed by atoms with Crippen LogP contribution in [-0.2, 0) is 6.42 Å². The van der Waals surface area contributed by atoms with Gasteiger partial charge in [-0.1, -0.05) is 206 Å². The van der Waals surface area contributed by atoms with Crippen molar-refractivity contribution in [2.45, 2.75) is 6.42 Å². The maximum absolute atomic E-state index is 2.45. The van der Waals surface area contributed by atoms with E-state index in [4.69, 9.17) is 0 Å². The summed E-state index contributed by atoms with van der Waals surface area (Å²) >= 11 is 0. The predicted octanol–water partition coefficient (Wildman–Crippen LogP) is 15.7. The van der Waals surface area contributed by atoms with Gasteiger partial charge in [0, 0.05) is 0 Å². The minimum absolute atomic E-state index is 0.961. The zero-order valence-electron chi connectivity index (χ0n) is 31.3. The lowest BCUT2D eigenvalue weighted by atomic mass is 9.80. The van der Waals surface area contributed by atoms with Crippen molar-refractivity contribution in [2.24, 2.45) is 0 Å². The molecule has 0 saturated carbocycles.